The molecule has 1 aliphatic carbocycles. The highest BCUT2D eigenvalue weighted by Gasteiger charge is 2.40. The van der Waals surface area contributed by atoms with Gasteiger partial charge in [-0.15, -0.1) is 11.3 Å². The van der Waals surface area contributed by atoms with Gasteiger partial charge in [-0.2, -0.15) is 0 Å². The van der Waals surface area contributed by atoms with Crippen molar-refractivity contribution < 1.29 is 0 Å². The maximum Gasteiger partial charge on any atom is 0.0640 e. The molecule has 13 aromatic rings. The Labute approximate surface area is 417 Å². The second-order valence-corrected chi connectivity index (χ2v) is 21.0. The molecule has 0 amide bonds. The summed E-state index contributed by atoms with van der Waals surface area (Å²) >= 11 is 1.87. The molecule has 0 bridgehead atoms. The molecule has 15 rings (SSSR count). The Kier molecular flexibility index (Phi) is 8.68. The van der Waals surface area contributed by atoms with Crippen molar-refractivity contribution in [2.45, 2.75) is 25.2 Å². The Morgan fingerprint density at radius 1 is 0.437 bits per heavy atom. The van der Waals surface area contributed by atoms with E-state index in [9.17, 15) is 0 Å². The standard InChI is InChI=1S/C68H46N2S/c1-68(2)57-28-11-6-22-52(57)63(53-23-7-12-29-58(53)68)55-39-38-47(64-54-24-9-14-31-60(54)70-59-30-13-8-20-48(59)50-25-16-27-56(65(55)64)66(50)70)43-35-34-42-36-37-46(41-44(42)40-43)69(45-18-4-3-5-19-45)61-32-17-26-51-49-21-10-15-33-62(49)71-67(51)61/h3-41,63H,1-2H3. The highest BCUT2D eigenvalue weighted by atomic mass is 32.1. The molecule has 0 unspecified atom stereocenters. The molecule has 3 heterocycles. The Bertz CT molecular complexity index is 4290. The predicted molar refractivity (Wildman–Crippen MR) is 302 cm³/mol. The Morgan fingerprint density at radius 3 is 1.94 bits per heavy atom. The van der Waals surface area contributed by atoms with Gasteiger partial charge in [0.25, 0.3) is 0 Å². The first-order valence-corrected chi connectivity index (χ1v) is 25.6. The van der Waals surface area contributed by atoms with Crippen LogP contribution >= 0.6 is 11.3 Å². The molecular weight excluding hydrogens is 877 g/mol. The van der Waals surface area contributed by atoms with Crippen LogP contribution in [0.3, 0.4) is 0 Å². The molecule has 0 atom stereocenters. The van der Waals surface area contributed by atoms with Crippen LogP contribution in [-0.4, -0.2) is 4.57 Å². The molecule has 0 spiro atoms. The van der Waals surface area contributed by atoms with Crippen molar-refractivity contribution >= 4 is 81.1 Å². The lowest BCUT2D eigenvalue weighted by Crippen LogP contribution is -2.30. The van der Waals surface area contributed by atoms with E-state index in [0.29, 0.717) is 0 Å². The Hall–Kier alpha value is -8.50. The van der Waals surface area contributed by atoms with Crippen molar-refractivity contribution in [3.63, 3.8) is 0 Å². The number of hydrogen-bond acceptors (Lipinski definition) is 2. The van der Waals surface area contributed by atoms with Crippen LogP contribution in [0.25, 0.3) is 91.8 Å². The van der Waals surface area contributed by atoms with E-state index >= 15 is 0 Å². The highest BCUT2D eigenvalue weighted by Crippen LogP contribution is 2.57. The third-order valence-electron chi connectivity index (χ3n) is 15.8. The van der Waals surface area contributed by atoms with E-state index in [1.165, 1.54) is 125 Å². The molecule has 71 heavy (non-hydrogen) atoms. The topological polar surface area (TPSA) is 8.17 Å². The molecule has 0 N–H and O–H groups in total. The quantitative estimate of drug-likeness (QED) is 0.167. The van der Waals surface area contributed by atoms with Gasteiger partial charge < -0.3 is 9.47 Å². The van der Waals surface area contributed by atoms with E-state index in [4.69, 9.17) is 0 Å². The zero-order chi connectivity index (χ0) is 47.0. The third kappa shape index (κ3) is 5.81. The fourth-order valence-electron chi connectivity index (χ4n) is 12.8. The average Bonchev–Trinajstić information content (AvgIpc) is 3.94. The number of benzene rings is 11. The van der Waals surface area contributed by atoms with Crippen LogP contribution in [0.2, 0.25) is 0 Å². The molecule has 0 radical (unpaired) electrons. The predicted octanol–water partition coefficient (Wildman–Crippen LogP) is 18.9. The Morgan fingerprint density at radius 2 is 1.10 bits per heavy atom. The maximum atomic E-state index is 2.55. The van der Waals surface area contributed by atoms with E-state index < -0.39 is 0 Å². The smallest absolute Gasteiger partial charge is 0.0640 e. The van der Waals surface area contributed by atoms with Crippen LogP contribution in [0.15, 0.2) is 237 Å². The summed E-state index contributed by atoms with van der Waals surface area (Å²) in [5.41, 5.74) is 21.3. The molecule has 0 saturated carbocycles. The summed E-state index contributed by atoms with van der Waals surface area (Å²) in [6, 6.07) is 88.9. The minimum absolute atomic E-state index is 0.0186. The van der Waals surface area contributed by atoms with Gasteiger partial charge >= 0.3 is 0 Å². The van der Waals surface area contributed by atoms with Crippen LogP contribution in [0.4, 0.5) is 17.1 Å². The molecule has 2 aromatic heterocycles. The van der Waals surface area contributed by atoms with Crippen molar-refractivity contribution in [1.82, 2.24) is 4.57 Å². The van der Waals surface area contributed by atoms with Gasteiger partial charge in [0.1, 0.15) is 0 Å². The molecule has 3 heteroatoms. The summed E-state index contributed by atoms with van der Waals surface area (Å²) in [5.74, 6) is 0.0186. The summed E-state index contributed by atoms with van der Waals surface area (Å²) in [6.45, 7) is 4.79. The van der Waals surface area contributed by atoms with Crippen LogP contribution in [0, 0.1) is 0 Å². The van der Waals surface area contributed by atoms with Crippen LogP contribution in [0.1, 0.15) is 47.6 Å². The largest absolute Gasteiger partial charge is 0.309 e. The SMILES string of the molecule is CC1(C)c2ccccc2C(c2ccc(-c3ccc4ccc(N(c5ccccc5)c5cccc6c5sc5ccccc56)cc4c3)c3c2-c2cccc4c5ccccc5n(c24)-c2ccccc2-3)c2ccccc21. The van der Waals surface area contributed by atoms with Crippen molar-refractivity contribution in [2.75, 3.05) is 4.90 Å². The van der Waals surface area contributed by atoms with E-state index in [-0.39, 0.29) is 11.3 Å². The number of para-hydroxylation sites is 4. The van der Waals surface area contributed by atoms with Crippen molar-refractivity contribution in [3.8, 4) is 39.1 Å². The van der Waals surface area contributed by atoms with Crippen LogP contribution in [0.5, 0.6) is 0 Å². The molecular formula is C68H46N2S. The molecule has 0 fully saturated rings. The van der Waals surface area contributed by atoms with Crippen LogP contribution < -0.4 is 4.90 Å². The number of rotatable bonds is 5. The van der Waals surface area contributed by atoms with Gasteiger partial charge in [0, 0.05) is 60.1 Å². The van der Waals surface area contributed by atoms with E-state index in [1.807, 2.05) is 11.3 Å². The number of anilines is 3. The Balaban J connectivity index is 1.01. The van der Waals surface area contributed by atoms with Crippen molar-refractivity contribution in [1.29, 1.82) is 0 Å². The first kappa shape index (κ1) is 40.4. The van der Waals surface area contributed by atoms with E-state index in [1.54, 1.807) is 0 Å². The van der Waals surface area contributed by atoms with Gasteiger partial charge in [0.2, 0.25) is 0 Å². The molecule has 1 aliphatic heterocycles. The fraction of sp³-hybridized carbons (Fsp3) is 0.0588. The molecule has 11 aromatic carbocycles. The summed E-state index contributed by atoms with van der Waals surface area (Å²) in [6.07, 6.45) is 0. The van der Waals surface area contributed by atoms with Gasteiger partial charge in [0.05, 0.1) is 27.1 Å². The minimum atomic E-state index is -0.149. The second kappa shape index (κ2) is 15.2. The van der Waals surface area contributed by atoms with Crippen molar-refractivity contribution in [2.24, 2.45) is 0 Å². The van der Waals surface area contributed by atoms with Crippen molar-refractivity contribution in [3.05, 3.63) is 264 Å². The summed E-state index contributed by atoms with van der Waals surface area (Å²) < 4.78 is 5.14. The maximum absolute atomic E-state index is 2.55. The number of nitrogens with zero attached hydrogens (tertiary/aromatic N) is 2. The van der Waals surface area contributed by atoms with Gasteiger partial charge in [-0.1, -0.05) is 196 Å². The lowest BCUT2D eigenvalue weighted by Gasteiger charge is -2.40. The number of aromatic nitrogens is 1. The lowest BCUT2D eigenvalue weighted by atomic mass is 9.63. The van der Waals surface area contributed by atoms with Gasteiger partial charge in [-0.3, -0.25) is 0 Å². The molecule has 2 aliphatic rings. The summed E-state index contributed by atoms with van der Waals surface area (Å²) in [4.78, 5) is 2.45. The minimum Gasteiger partial charge on any atom is -0.309 e. The monoisotopic (exact) mass is 922 g/mol. The normalized spacial score (nSPS) is 13.5. The number of thiophene rings is 1. The van der Waals surface area contributed by atoms with Crippen LogP contribution in [-0.2, 0) is 5.41 Å². The first-order chi connectivity index (χ1) is 35.0. The summed E-state index contributed by atoms with van der Waals surface area (Å²) in [7, 11) is 0. The highest BCUT2D eigenvalue weighted by molar-refractivity contribution is 7.26. The average molecular weight is 923 g/mol. The van der Waals surface area contributed by atoms with Gasteiger partial charge in [-0.05, 0) is 115 Å². The molecule has 2 nitrogen and oxygen atoms in total. The number of fused-ring (bicyclic) bond motifs is 14. The summed E-state index contributed by atoms with van der Waals surface area (Å²) in [5, 5.41) is 7.54. The van der Waals surface area contributed by atoms with Gasteiger partial charge in [-0.25, -0.2) is 0 Å². The zero-order valence-electron chi connectivity index (χ0n) is 39.4. The third-order valence-corrected chi connectivity index (χ3v) is 17.1. The zero-order valence-corrected chi connectivity index (χ0v) is 40.2. The lowest BCUT2D eigenvalue weighted by molar-refractivity contribution is 0.598. The fourth-order valence-corrected chi connectivity index (χ4v) is 14.0. The second-order valence-electron chi connectivity index (χ2n) is 19.9. The van der Waals surface area contributed by atoms with E-state index in [0.717, 1.165) is 11.4 Å². The van der Waals surface area contributed by atoms with Gasteiger partial charge in [0.15, 0.2) is 0 Å². The van der Waals surface area contributed by atoms with E-state index in [2.05, 4.69) is 260 Å². The first-order valence-electron chi connectivity index (χ1n) is 24.8. The molecule has 0 saturated heterocycles. The number of hydrogen-bond donors (Lipinski definition) is 0. The molecule has 334 valence electrons.